The van der Waals surface area contributed by atoms with Gasteiger partial charge in [0.15, 0.2) is 5.13 Å². The normalized spacial score (nSPS) is 19.7. The van der Waals surface area contributed by atoms with Crippen LogP contribution < -0.4 is 5.32 Å². The zero-order valence-electron chi connectivity index (χ0n) is 10.1. The Morgan fingerprint density at radius 1 is 1.67 bits per heavy atom. The molecule has 18 heavy (non-hydrogen) atoms. The number of carbonyl (C=O) groups excluding carboxylic acids is 2. The fourth-order valence-corrected chi connectivity index (χ4v) is 2.59. The van der Waals surface area contributed by atoms with Gasteiger partial charge in [0.1, 0.15) is 6.04 Å². The van der Waals surface area contributed by atoms with E-state index in [9.17, 15) is 9.59 Å². The van der Waals surface area contributed by atoms with Crippen LogP contribution in [0.1, 0.15) is 12.8 Å². The van der Waals surface area contributed by atoms with Crippen LogP contribution in [-0.4, -0.2) is 48.0 Å². The molecule has 1 atom stereocenters. The van der Waals surface area contributed by atoms with E-state index in [1.54, 1.807) is 11.6 Å². The smallest absolute Gasteiger partial charge is 0.323 e. The standard InChI is InChI=1S/C11H15N3O3S/c1-17-10(16)8-3-2-5-14(8)7-9(15)13-11-12-4-6-18-11/h4,6,8H,2-3,5,7H2,1H3,(H,12,13,15). The summed E-state index contributed by atoms with van der Waals surface area (Å²) in [7, 11) is 1.37. The van der Waals surface area contributed by atoms with Crippen LogP contribution in [0.2, 0.25) is 0 Å². The van der Waals surface area contributed by atoms with E-state index >= 15 is 0 Å². The maximum Gasteiger partial charge on any atom is 0.323 e. The third-order valence-electron chi connectivity index (χ3n) is 2.86. The van der Waals surface area contributed by atoms with Crippen molar-refractivity contribution in [3.8, 4) is 0 Å². The third kappa shape index (κ3) is 3.05. The Labute approximate surface area is 109 Å². The molecule has 7 heteroatoms. The largest absolute Gasteiger partial charge is 0.468 e. The second-order valence-corrected chi connectivity index (χ2v) is 4.93. The molecule has 1 saturated heterocycles. The quantitative estimate of drug-likeness (QED) is 0.815. The number of ether oxygens (including phenoxy) is 1. The second kappa shape index (κ2) is 5.92. The molecule has 1 amide bonds. The van der Waals surface area contributed by atoms with Crippen LogP contribution in [0, 0.1) is 0 Å². The van der Waals surface area contributed by atoms with Gasteiger partial charge in [-0.3, -0.25) is 14.5 Å². The zero-order chi connectivity index (χ0) is 13.0. The number of aromatic nitrogens is 1. The summed E-state index contributed by atoms with van der Waals surface area (Å²) in [5, 5.41) is 5.07. The highest BCUT2D eigenvalue weighted by atomic mass is 32.1. The summed E-state index contributed by atoms with van der Waals surface area (Å²) in [6.45, 7) is 0.935. The molecular formula is C11H15N3O3S. The predicted octanol–water partition coefficient (Wildman–Crippen LogP) is 0.719. The Hall–Kier alpha value is -1.47. The van der Waals surface area contributed by atoms with E-state index in [0.717, 1.165) is 19.4 Å². The monoisotopic (exact) mass is 269 g/mol. The number of hydrogen-bond acceptors (Lipinski definition) is 6. The summed E-state index contributed by atoms with van der Waals surface area (Å²) in [6, 6.07) is -0.294. The number of hydrogen-bond donors (Lipinski definition) is 1. The van der Waals surface area contributed by atoms with Gasteiger partial charge in [-0.05, 0) is 19.4 Å². The van der Waals surface area contributed by atoms with Crippen molar-refractivity contribution in [3.63, 3.8) is 0 Å². The lowest BCUT2D eigenvalue weighted by Gasteiger charge is -2.21. The van der Waals surface area contributed by atoms with E-state index in [0.29, 0.717) is 5.13 Å². The van der Waals surface area contributed by atoms with Crippen molar-refractivity contribution in [2.24, 2.45) is 0 Å². The van der Waals surface area contributed by atoms with Gasteiger partial charge in [0, 0.05) is 11.6 Å². The summed E-state index contributed by atoms with van der Waals surface area (Å²) < 4.78 is 4.73. The summed E-state index contributed by atoms with van der Waals surface area (Å²) >= 11 is 1.37. The lowest BCUT2D eigenvalue weighted by atomic mass is 10.2. The fourth-order valence-electron chi connectivity index (χ4n) is 2.05. The van der Waals surface area contributed by atoms with Crippen molar-refractivity contribution in [1.82, 2.24) is 9.88 Å². The number of rotatable bonds is 4. The van der Waals surface area contributed by atoms with Crippen LogP contribution in [0.25, 0.3) is 0 Å². The Kier molecular flexibility index (Phi) is 4.27. The molecule has 0 spiro atoms. The topological polar surface area (TPSA) is 71.5 Å². The molecule has 1 aliphatic heterocycles. The van der Waals surface area contributed by atoms with Gasteiger partial charge in [0.05, 0.1) is 13.7 Å². The van der Waals surface area contributed by atoms with Crippen LogP contribution in [0.3, 0.4) is 0 Å². The van der Waals surface area contributed by atoms with Gasteiger partial charge in [-0.25, -0.2) is 4.98 Å². The van der Waals surface area contributed by atoms with Crippen molar-refractivity contribution in [1.29, 1.82) is 0 Å². The number of methoxy groups -OCH3 is 1. The maximum atomic E-state index is 11.8. The van der Waals surface area contributed by atoms with Gasteiger partial charge in [-0.1, -0.05) is 0 Å². The minimum atomic E-state index is -0.294. The predicted molar refractivity (Wildman–Crippen MR) is 67.4 cm³/mol. The van der Waals surface area contributed by atoms with Crippen molar-refractivity contribution in [2.45, 2.75) is 18.9 Å². The zero-order valence-corrected chi connectivity index (χ0v) is 10.9. The minimum absolute atomic E-state index is 0.152. The summed E-state index contributed by atoms with van der Waals surface area (Å²) in [6.07, 6.45) is 3.29. The van der Waals surface area contributed by atoms with Crippen LogP contribution in [0.4, 0.5) is 5.13 Å². The maximum absolute atomic E-state index is 11.8. The van der Waals surface area contributed by atoms with Gasteiger partial charge in [-0.2, -0.15) is 0 Å². The number of likely N-dealkylation sites (tertiary alicyclic amines) is 1. The lowest BCUT2D eigenvalue weighted by molar-refractivity contribution is -0.146. The molecule has 0 radical (unpaired) electrons. The van der Waals surface area contributed by atoms with Crippen molar-refractivity contribution in [2.75, 3.05) is 25.5 Å². The molecule has 2 rings (SSSR count). The molecule has 1 unspecified atom stereocenters. The third-order valence-corrected chi connectivity index (χ3v) is 3.55. The number of carbonyl (C=O) groups is 2. The SMILES string of the molecule is COC(=O)C1CCCN1CC(=O)Nc1nccs1. The molecule has 2 heterocycles. The minimum Gasteiger partial charge on any atom is -0.468 e. The highest BCUT2D eigenvalue weighted by Gasteiger charge is 2.32. The van der Waals surface area contributed by atoms with E-state index in [2.05, 4.69) is 10.3 Å². The van der Waals surface area contributed by atoms with Gasteiger partial charge < -0.3 is 10.1 Å². The van der Waals surface area contributed by atoms with Gasteiger partial charge >= 0.3 is 5.97 Å². The molecule has 0 aromatic carbocycles. The Morgan fingerprint density at radius 2 is 2.50 bits per heavy atom. The van der Waals surface area contributed by atoms with E-state index in [1.165, 1.54) is 18.4 Å². The highest BCUT2D eigenvalue weighted by molar-refractivity contribution is 7.13. The van der Waals surface area contributed by atoms with E-state index in [1.807, 2.05) is 4.90 Å². The van der Waals surface area contributed by atoms with E-state index < -0.39 is 0 Å². The van der Waals surface area contributed by atoms with Crippen molar-refractivity contribution < 1.29 is 14.3 Å². The summed E-state index contributed by atoms with van der Waals surface area (Å²) in [5.41, 5.74) is 0. The lowest BCUT2D eigenvalue weighted by Crippen LogP contribution is -2.41. The number of thiazole rings is 1. The first-order valence-electron chi connectivity index (χ1n) is 5.72. The molecule has 0 aliphatic carbocycles. The van der Waals surface area contributed by atoms with Crippen LogP contribution >= 0.6 is 11.3 Å². The van der Waals surface area contributed by atoms with Gasteiger partial charge in [-0.15, -0.1) is 11.3 Å². The van der Waals surface area contributed by atoms with Crippen LogP contribution in [0.5, 0.6) is 0 Å². The molecule has 1 fully saturated rings. The number of anilines is 1. The highest BCUT2D eigenvalue weighted by Crippen LogP contribution is 2.18. The Morgan fingerprint density at radius 3 is 3.17 bits per heavy atom. The Bertz CT molecular complexity index is 421. The molecule has 1 aromatic rings. The first kappa shape index (κ1) is 13.0. The molecule has 98 valence electrons. The Balaban J connectivity index is 1.88. The van der Waals surface area contributed by atoms with E-state index in [4.69, 9.17) is 4.74 Å². The molecule has 0 bridgehead atoms. The van der Waals surface area contributed by atoms with Gasteiger partial charge in [0.2, 0.25) is 5.91 Å². The molecular weight excluding hydrogens is 254 g/mol. The van der Waals surface area contributed by atoms with Crippen molar-refractivity contribution >= 4 is 28.3 Å². The number of nitrogens with zero attached hydrogens (tertiary/aromatic N) is 2. The average molecular weight is 269 g/mol. The number of amides is 1. The van der Waals surface area contributed by atoms with E-state index in [-0.39, 0.29) is 24.5 Å². The first-order valence-corrected chi connectivity index (χ1v) is 6.60. The van der Waals surface area contributed by atoms with Crippen molar-refractivity contribution in [3.05, 3.63) is 11.6 Å². The van der Waals surface area contributed by atoms with Gasteiger partial charge in [0.25, 0.3) is 0 Å². The molecule has 1 N–H and O–H groups in total. The first-order chi connectivity index (χ1) is 8.70. The summed E-state index contributed by atoms with van der Waals surface area (Å²) in [4.78, 5) is 29.1. The average Bonchev–Trinajstić information content (AvgIpc) is 2.99. The number of nitrogens with one attached hydrogen (secondary N) is 1. The summed E-state index contributed by atoms with van der Waals surface area (Å²) in [5.74, 6) is -0.421. The van der Waals surface area contributed by atoms with Crippen LogP contribution in [0.15, 0.2) is 11.6 Å². The molecule has 1 aliphatic rings. The number of esters is 1. The van der Waals surface area contributed by atoms with Crippen LogP contribution in [-0.2, 0) is 14.3 Å². The second-order valence-electron chi connectivity index (χ2n) is 4.04. The molecule has 1 aromatic heterocycles. The molecule has 6 nitrogen and oxygen atoms in total. The fraction of sp³-hybridized carbons (Fsp3) is 0.545. The molecule has 0 saturated carbocycles.